The first kappa shape index (κ1) is 17.6. The van der Waals surface area contributed by atoms with Crippen LogP contribution in [0.4, 0.5) is 0 Å². The van der Waals surface area contributed by atoms with Crippen molar-refractivity contribution in [2.75, 3.05) is 5.75 Å². The zero-order valence-corrected chi connectivity index (χ0v) is 16.6. The van der Waals surface area contributed by atoms with Gasteiger partial charge >= 0.3 is 0 Å². The Balaban J connectivity index is 1.78. The van der Waals surface area contributed by atoms with Gasteiger partial charge in [-0.15, -0.1) is 11.8 Å². The molecular formula is C22H30O2S. The highest BCUT2D eigenvalue weighted by Crippen LogP contribution is 2.66. The van der Waals surface area contributed by atoms with Crippen molar-refractivity contribution in [1.29, 1.82) is 0 Å². The van der Waals surface area contributed by atoms with Crippen molar-refractivity contribution in [3.05, 3.63) is 22.6 Å². The summed E-state index contributed by atoms with van der Waals surface area (Å²) in [5.74, 6) is 3.47. The molecule has 3 heteroatoms. The molecule has 0 N–H and O–H groups in total. The van der Waals surface area contributed by atoms with Gasteiger partial charge in [0.15, 0.2) is 5.78 Å². The smallest absolute Gasteiger partial charge is 0.169 e. The Bertz CT molecular complexity index is 690. The van der Waals surface area contributed by atoms with Gasteiger partial charge in [-0.25, -0.2) is 0 Å². The molecule has 0 aromatic carbocycles. The van der Waals surface area contributed by atoms with Crippen LogP contribution in [0.3, 0.4) is 0 Å². The summed E-state index contributed by atoms with van der Waals surface area (Å²) in [5.41, 5.74) is 2.48. The summed E-state index contributed by atoms with van der Waals surface area (Å²) in [7, 11) is 0. The number of ketones is 2. The van der Waals surface area contributed by atoms with Gasteiger partial charge in [0.25, 0.3) is 0 Å². The second-order valence-electron chi connectivity index (χ2n) is 9.08. The molecule has 136 valence electrons. The average molecular weight is 359 g/mol. The van der Waals surface area contributed by atoms with Crippen LogP contribution in [0.5, 0.6) is 0 Å². The predicted octanol–water partition coefficient (Wildman–Crippen LogP) is 5.33. The number of allylic oxidation sites excluding steroid dienone is 2. The van der Waals surface area contributed by atoms with Crippen LogP contribution in [0.15, 0.2) is 22.6 Å². The molecule has 0 spiro atoms. The molecule has 0 bridgehead atoms. The van der Waals surface area contributed by atoms with Gasteiger partial charge in [-0.05, 0) is 72.2 Å². The highest BCUT2D eigenvalue weighted by atomic mass is 32.2. The van der Waals surface area contributed by atoms with Crippen LogP contribution >= 0.6 is 11.8 Å². The lowest BCUT2D eigenvalue weighted by Gasteiger charge is -2.57. The Morgan fingerprint density at radius 1 is 1.08 bits per heavy atom. The summed E-state index contributed by atoms with van der Waals surface area (Å²) in [6, 6.07) is 0. The molecule has 4 aliphatic rings. The van der Waals surface area contributed by atoms with Gasteiger partial charge in [0.2, 0.25) is 0 Å². The molecule has 25 heavy (non-hydrogen) atoms. The monoisotopic (exact) mass is 358 g/mol. The number of thioether (sulfide) groups is 1. The molecule has 4 aliphatic carbocycles. The molecule has 4 rings (SSSR count). The molecule has 0 aromatic rings. The number of hydrogen-bond acceptors (Lipinski definition) is 3. The zero-order valence-electron chi connectivity index (χ0n) is 15.8. The van der Waals surface area contributed by atoms with E-state index in [-0.39, 0.29) is 10.8 Å². The predicted molar refractivity (Wildman–Crippen MR) is 103 cm³/mol. The van der Waals surface area contributed by atoms with Gasteiger partial charge in [0, 0.05) is 18.3 Å². The molecule has 0 radical (unpaired) electrons. The van der Waals surface area contributed by atoms with E-state index in [1.807, 2.05) is 0 Å². The number of rotatable bonds is 2. The van der Waals surface area contributed by atoms with E-state index in [9.17, 15) is 9.59 Å². The number of carbonyl (C=O) groups excluding carboxylic acids is 2. The van der Waals surface area contributed by atoms with Crippen molar-refractivity contribution in [3.8, 4) is 0 Å². The molecule has 2 nitrogen and oxygen atoms in total. The summed E-state index contributed by atoms with van der Waals surface area (Å²) < 4.78 is 0. The van der Waals surface area contributed by atoms with Gasteiger partial charge in [-0.3, -0.25) is 9.59 Å². The molecular weight excluding hydrogens is 328 g/mol. The maximum atomic E-state index is 12.6. The second kappa shape index (κ2) is 5.84. The number of Topliss-reactive ketones (excluding diaryl/α,β-unsaturated/α-hetero) is 2. The van der Waals surface area contributed by atoms with Crippen LogP contribution in [0, 0.1) is 28.6 Å². The maximum Gasteiger partial charge on any atom is 0.169 e. The van der Waals surface area contributed by atoms with Crippen molar-refractivity contribution >= 4 is 23.3 Å². The molecule has 0 heterocycles. The fourth-order valence-corrected chi connectivity index (χ4v) is 7.84. The Morgan fingerprint density at radius 3 is 2.52 bits per heavy atom. The van der Waals surface area contributed by atoms with Gasteiger partial charge in [-0.2, -0.15) is 0 Å². The van der Waals surface area contributed by atoms with E-state index in [1.54, 1.807) is 11.8 Å². The minimum Gasteiger partial charge on any atom is -0.299 e. The van der Waals surface area contributed by atoms with Gasteiger partial charge in [0.1, 0.15) is 5.78 Å². The third-order valence-electron chi connectivity index (χ3n) is 8.01. The number of hydrogen-bond donors (Lipinski definition) is 0. The summed E-state index contributed by atoms with van der Waals surface area (Å²) in [5, 5.41) is 0. The molecule has 0 saturated heterocycles. The molecule has 0 unspecified atom stereocenters. The topological polar surface area (TPSA) is 34.1 Å². The molecule has 5 atom stereocenters. The molecule has 0 aromatic heterocycles. The van der Waals surface area contributed by atoms with E-state index in [4.69, 9.17) is 0 Å². The Labute approximate surface area is 155 Å². The van der Waals surface area contributed by atoms with Crippen molar-refractivity contribution in [1.82, 2.24) is 0 Å². The second-order valence-corrected chi connectivity index (χ2v) is 10.4. The SMILES string of the molecule is C=C1C[C@@H]2[C@H](CC[C@]3(C)C(=O)CC[C@@H]23)[C@@]2(C)CCC(=O)C(SCC)=C12. The molecule has 0 aliphatic heterocycles. The van der Waals surface area contributed by atoms with E-state index in [0.29, 0.717) is 35.7 Å². The van der Waals surface area contributed by atoms with Gasteiger partial charge in [0.05, 0.1) is 4.91 Å². The zero-order chi connectivity index (χ0) is 18.0. The van der Waals surface area contributed by atoms with Crippen molar-refractivity contribution < 1.29 is 9.59 Å². The van der Waals surface area contributed by atoms with Crippen LogP contribution in [-0.2, 0) is 9.59 Å². The van der Waals surface area contributed by atoms with Crippen molar-refractivity contribution in [3.63, 3.8) is 0 Å². The highest BCUT2D eigenvalue weighted by molar-refractivity contribution is 8.04. The average Bonchev–Trinajstić information content (AvgIpc) is 2.87. The van der Waals surface area contributed by atoms with E-state index in [2.05, 4.69) is 27.4 Å². The first-order chi connectivity index (χ1) is 11.8. The summed E-state index contributed by atoms with van der Waals surface area (Å²) >= 11 is 1.72. The lowest BCUT2D eigenvalue weighted by Crippen LogP contribution is -2.51. The fraction of sp³-hybridized carbons (Fsp3) is 0.727. The quantitative estimate of drug-likeness (QED) is 0.668. The molecule has 0 amide bonds. The Hall–Kier alpha value is -0.830. The highest BCUT2D eigenvalue weighted by Gasteiger charge is 2.60. The van der Waals surface area contributed by atoms with Crippen molar-refractivity contribution in [2.24, 2.45) is 28.6 Å². The van der Waals surface area contributed by atoms with E-state index >= 15 is 0 Å². The molecule has 3 fully saturated rings. The van der Waals surface area contributed by atoms with Crippen LogP contribution in [0.2, 0.25) is 0 Å². The summed E-state index contributed by atoms with van der Waals surface area (Å²) in [6.45, 7) is 11.2. The van der Waals surface area contributed by atoms with Crippen LogP contribution in [0.1, 0.15) is 65.7 Å². The Kier molecular flexibility index (Phi) is 4.10. The van der Waals surface area contributed by atoms with Gasteiger partial charge in [-0.1, -0.05) is 27.4 Å². The minimum atomic E-state index is -0.0927. The Morgan fingerprint density at radius 2 is 1.80 bits per heavy atom. The first-order valence-corrected chi connectivity index (χ1v) is 10.9. The maximum absolute atomic E-state index is 12.6. The van der Waals surface area contributed by atoms with Crippen LogP contribution in [0.25, 0.3) is 0 Å². The van der Waals surface area contributed by atoms with E-state index in [0.717, 1.165) is 49.2 Å². The van der Waals surface area contributed by atoms with Gasteiger partial charge < -0.3 is 0 Å². The summed E-state index contributed by atoms with van der Waals surface area (Å²) in [4.78, 5) is 26.2. The summed E-state index contributed by atoms with van der Waals surface area (Å²) in [6.07, 6.45) is 6.64. The largest absolute Gasteiger partial charge is 0.299 e. The van der Waals surface area contributed by atoms with E-state index < -0.39 is 0 Å². The van der Waals surface area contributed by atoms with Crippen LogP contribution < -0.4 is 0 Å². The standard InChI is InChI=1S/C22H30O2S/c1-5-25-20-17(23)9-11-22(4)16-8-10-21(3)15(6-7-18(21)24)14(16)12-13(2)19(20)22/h14-16H,2,5-12H2,1,3-4H3/t14-,15-,16-,21-,22+/m0/s1. The lowest BCUT2D eigenvalue weighted by molar-refractivity contribution is -0.132. The van der Waals surface area contributed by atoms with Crippen LogP contribution in [-0.4, -0.2) is 17.3 Å². The normalized spacial score (nSPS) is 43.8. The third kappa shape index (κ3) is 2.30. The fourth-order valence-electron chi connectivity index (χ4n) is 6.76. The van der Waals surface area contributed by atoms with E-state index in [1.165, 1.54) is 11.1 Å². The number of fused-ring (bicyclic) bond motifs is 5. The number of carbonyl (C=O) groups is 2. The lowest BCUT2D eigenvalue weighted by atomic mass is 9.46. The minimum absolute atomic E-state index is 0.0817. The van der Waals surface area contributed by atoms with Crippen molar-refractivity contribution in [2.45, 2.75) is 65.7 Å². The third-order valence-corrected chi connectivity index (χ3v) is 9.02. The molecule has 3 saturated carbocycles. The first-order valence-electron chi connectivity index (χ1n) is 9.95.